The van der Waals surface area contributed by atoms with Crippen LogP contribution >= 0.6 is 0 Å². The lowest BCUT2D eigenvalue weighted by atomic mass is 9.91. The van der Waals surface area contributed by atoms with Crippen molar-refractivity contribution in [1.29, 1.82) is 0 Å². The lowest BCUT2D eigenvalue weighted by molar-refractivity contribution is -0.142. The average molecular weight is 314 g/mol. The Kier molecular flexibility index (Phi) is 4.48. The van der Waals surface area contributed by atoms with Crippen molar-refractivity contribution in [2.75, 3.05) is 20.2 Å². The molecule has 1 fully saturated rings. The van der Waals surface area contributed by atoms with E-state index in [1.807, 2.05) is 30.3 Å². The summed E-state index contributed by atoms with van der Waals surface area (Å²) in [5, 5.41) is 10.7. The van der Waals surface area contributed by atoms with Crippen LogP contribution < -0.4 is 4.74 Å². The number of fused-ring (bicyclic) bond motifs is 1. The quantitative estimate of drug-likeness (QED) is 0.919. The van der Waals surface area contributed by atoms with Gasteiger partial charge in [-0.15, -0.1) is 0 Å². The zero-order valence-corrected chi connectivity index (χ0v) is 13.5. The van der Waals surface area contributed by atoms with E-state index >= 15 is 0 Å². The van der Waals surface area contributed by atoms with Crippen LogP contribution in [0, 0.1) is 5.92 Å². The van der Waals surface area contributed by atoms with Gasteiger partial charge in [0.25, 0.3) is 0 Å². The number of pyridine rings is 1. The molecule has 0 bridgehead atoms. The molecule has 1 N–H and O–H groups in total. The van der Waals surface area contributed by atoms with Gasteiger partial charge in [0.1, 0.15) is 0 Å². The maximum Gasteiger partial charge on any atom is 0.308 e. The number of carboxylic acid groups (broad SMARTS) is 1. The number of rotatable bonds is 5. The fourth-order valence-electron chi connectivity index (χ4n) is 3.59. The second kappa shape index (κ2) is 6.54. The summed E-state index contributed by atoms with van der Waals surface area (Å²) in [6.07, 6.45) is 1.68. The summed E-state index contributed by atoms with van der Waals surface area (Å²) >= 11 is 0. The zero-order valence-electron chi connectivity index (χ0n) is 13.5. The maximum atomic E-state index is 11.8. The highest BCUT2D eigenvalue weighted by Crippen LogP contribution is 2.41. The first-order valence-electron chi connectivity index (χ1n) is 8.06. The third-order valence-corrected chi connectivity index (χ3v) is 4.58. The van der Waals surface area contributed by atoms with Crippen LogP contribution in [0.25, 0.3) is 10.9 Å². The van der Waals surface area contributed by atoms with Crippen LogP contribution in [0.2, 0.25) is 0 Å². The van der Waals surface area contributed by atoms with Crippen LogP contribution in [0.3, 0.4) is 0 Å². The molecular formula is C18H22N2O3. The molecule has 2 atom stereocenters. The fourth-order valence-corrected chi connectivity index (χ4v) is 3.59. The summed E-state index contributed by atoms with van der Waals surface area (Å²) in [4.78, 5) is 18.5. The van der Waals surface area contributed by atoms with Crippen LogP contribution in [0.15, 0.2) is 30.3 Å². The first-order valence-corrected chi connectivity index (χ1v) is 8.06. The van der Waals surface area contributed by atoms with Crippen molar-refractivity contribution < 1.29 is 14.6 Å². The Bertz CT molecular complexity index is 716. The molecule has 0 radical (unpaired) electrons. The van der Waals surface area contributed by atoms with Gasteiger partial charge in [-0.25, -0.2) is 4.98 Å². The predicted octanol–water partition coefficient (Wildman–Crippen LogP) is 3.10. The monoisotopic (exact) mass is 314 g/mol. The van der Waals surface area contributed by atoms with E-state index in [1.54, 1.807) is 7.11 Å². The van der Waals surface area contributed by atoms with E-state index < -0.39 is 11.9 Å². The molecule has 1 saturated heterocycles. The number of methoxy groups -OCH3 is 1. The molecule has 3 rings (SSSR count). The molecule has 0 spiro atoms. The molecule has 1 aromatic heterocycles. The van der Waals surface area contributed by atoms with Gasteiger partial charge in [0, 0.05) is 17.5 Å². The third-order valence-electron chi connectivity index (χ3n) is 4.58. The van der Waals surface area contributed by atoms with Crippen molar-refractivity contribution >= 4 is 16.9 Å². The molecule has 1 aliphatic rings. The van der Waals surface area contributed by atoms with Gasteiger partial charge in [0.2, 0.25) is 5.88 Å². The SMILES string of the molecule is CCCN1CCC(C(=O)O)C1c1cc(OC)nc2ccccc12. The third kappa shape index (κ3) is 2.88. The molecule has 2 heterocycles. The van der Waals surface area contributed by atoms with Crippen molar-refractivity contribution in [3.8, 4) is 5.88 Å². The van der Waals surface area contributed by atoms with Gasteiger partial charge in [-0.05, 0) is 37.6 Å². The van der Waals surface area contributed by atoms with Gasteiger partial charge in [-0.2, -0.15) is 0 Å². The van der Waals surface area contributed by atoms with E-state index in [9.17, 15) is 9.90 Å². The zero-order chi connectivity index (χ0) is 16.4. The highest BCUT2D eigenvalue weighted by Gasteiger charge is 2.40. The smallest absolute Gasteiger partial charge is 0.308 e. The van der Waals surface area contributed by atoms with E-state index in [1.165, 1.54) is 0 Å². The van der Waals surface area contributed by atoms with E-state index in [2.05, 4.69) is 16.8 Å². The summed E-state index contributed by atoms with van der Waals surface area (Å²) in [6, 6.07) is 9.63. The minimum Gasteiger partial charge on any atom is -0.481 e. The molecule has 5 nitrogen and oxygen atoms in total. The van der Waals surface area contributed by atoms with Crippen molar-refractivity contribution in [2.45, 2.75) is 25.8 Å². The minimum absolute atomic E-state index is 0.130. The van der Waals surface area contributed by atoms with Crippen molar-refractivity contribution in [1.82, 2.24) is 9.88 Å². The van der Waals surface area contributed by atoms with Gasteiger partial charge in [0.05, 0.1) is 18.5 Å². The number of hydrogen-bond donors (Lipinski definition) is 1. The van der Waals surface area contributed by atoms with Crippen LogP contribution in [-0.4, -0.2) is 41.2 Å². The number of benzene rings is 1. The second-order valence-corrected chi connectivity index (χ2v) is 5.99. The highest BCUT2D eigenvalue weighted by atomic mass is 16.5. The molecule has 5 heteroatoms. The molecular weight excluding hydrogens is 292 g/mol. The van der Waals surface area contributed by atoms with Crippen molar-refractivity contribution in [2.24, 2.45) is 5.92 Å². The molecule has 0 amide bonds. The number of aromatic nitrogens is 1. The predicted molar refractivity (Wildman–Crippen MR) is 88.6 cm³/mol. The first-order chi connectivity index (χ1) is 11.2. The topological polar surface area (TPSA) is 62.7 Å². The number of hydrogen-bond acceptors (Lipinski definition) is 4. The number of carboxylic acids is 1. The van der Waals surface area contributed by atoms with E-state index in [4.69, 9.17) is 4.74 Å². The van der Waals surface area contributed by atoms with E-state index in [0.29, 0.717) is 12.3 Å². The number of para-hydroxylation sites is 1. The second-order valence-electron chi connectivity index (χ2n) is 5.99. The molecule has 23 heavy (non-hydrogen) atoms. The Morgan fingerprint density at radius 3 is 2.91 bits per heavy atom. The van der Waals surface area contributed by atoms with Gasteiger partial charge in [-0.3, -0.25) is 9.69 Å². The molecule has 0 aliphatic carbocycles. The Hall–Kier alpha value is -2.14. The lowest BCUT2D eigenvalue weighted by Crippen LogP contribution is -2.29. The van der Waals surface area contributed by atoms with E-state index in [0.717, 1.165) is 36.0 Å². The van der Waals surface area contributed by atoms with Gasteiger partial charge < -0.3 is 9.84 Å². The summed E-state index contributed by atoms with van der Waals surface area (Å²) in [6.45, 7) is 3.83. The molecule has 1 aliphatic heterocycles. The number of nitrogens with zero attached hydrogens (tertiary/aromatic N) is 2. The van der Waals surface area contributed by atoms with Crippen molar-refractivity contribution in [3.63, 3.8) is 0 Å². The average Bonchev–Trinajstić information content (AvgIpc) is 2.98. The van der Waals surface area contributed by atoms with Gasteiger partial charge >= 0.3 is 5.97 Å². The highest BCUT2D eigenvalue weighted by molar-refractivity contribution is 5.84. The maximum absolute atomic E-state index is 11.8. The Balaban J connectivity index is 2.16. The number of likely N-dealkylation sites (tertiary alicyclic amines) is 1. The summed E-state index contributed by atoms with van der Waals surface area (Å²) in [7, 11) is 1.59. The normalized spacial score (nSPS) is 21.7. The summed E-state index contributed by atoms with van der Waals surface area (Å²) in [5.41, 5.74) is 1.85. The van der Waals surface area contributed by atoms with Crippen LogP contribution in [0.1, 0.15) is 31.4 Å². The van der Waals surface area contributed by atoms with Gasteiger partial charge in [0.15, 0.2) is 0 Å². The fraction of sp³-hybridized carbons (Fsp3) is 0.444. The summed E-state index contributed by atoms with van der Waals surface area (Å²) in [5.74, 6) is -0.586. The summed E-state index contributed by atoms with van der Waals surface area (Å²) < 4.78 is 5.34. The molecule has 0 saturated carbocycles. The van der Waals surface area contributed by atoms with Crippen LogP contribution in [0.5, 0.6) is 5.88 Å². The van der Waals surface area contributed by atoms with Crippen molar-refractivity contribution in [3.05, 3.63) is 35.9 Å². The Morgan fingerprint density at radius 2 is 2.22 bits per heavy atom. The Morgan fingerprint density at radius 1 is 1.43 bits per heavy atom. The first kappa shape index (κ1) is 15.7. The van der Waals surface area contributed by atoms with Gasteiger partial charge in [-0.1, -0.05) is 25.1 Å². The molecule has 2 unspecified atom stereocenters. The van der Waals surface area contributed by atoms with E-state index in [-0.39, 0.29) is 6.04 Å². The lowest BCUT2D eigenvalue weighted by Gasteiger charge is -2.28. The minimum atomic E-state index is -0.728. The molecule has 2 aromatic rings. The Labute approximate surface area is 135 Å². The van der Waals surface area contributed by atoms with Crippen LogP contribution in [0.4, 0.5) is 0 Å². The standard InChI is InChI=1S/C18H22N2O3/c1-3-9-20-10-8-13(18(21)22)17(20)14-11-16(23-2)19-15-7-5-4-6-12(14)15/h4-7,11,13,17H,3,8-10H2,1-2H3,(H,21,22). The molecule has 1 aromatic carbocycles. The number of aliphatic carboxylic acids is 1. The largest absolute Gasteiger partial charge is 0.481 e. The number of ether oxygens (including phenoxy) is 1. The van der Waals surface area contributed by atoms with Crippen LogP contribution in [-0.2, 0) is 4.79 Å². The number of carbonyl (C=O) groups is 1. The molecule has 122 valence electrons.